The number of carbonyl (C=O) groups is 2. The molecule has 0 fully saturated rings. The van der Waals surface area contributed by atoms with Crippen molar-refractivity contribution in [2.75, 3.05) is 6.61 Å². The van der Waals surface area contributed by atoms with Gasteiger partial charge >= 0.3 is 0 Å². The maximum Gasteiger partial charge on any atom is 0.258 e. The predicted octanol–water partition coefficient (Wildman–Crippen LogP) is 3.06. The molecule has 0 saturated carbocycles. The van der Waals surface area contributed by atoms with E-state index in [4.69, 9.17) is 4.74 Å². The maximum absolute atomic E-state index is 13.9. The van der Waals surface area contributed by atoms with Gasteiger partial charge in [0.25, 0.3) is 5.91 Å². The topological polar surface area (TPSA) is 55.4 Å². The molecule has 0 spiro atoms. The Balaban J connectivity index is 2.09. The number of benzene rings is 1. The highest BCUT2D eigenvalue weighted by molar-refractivity contribution is 6.03. The summed E-state index contributed by atoms with van der Waals surface area (Å²) >= 11 is 0. The highest BCUT2D eigenvalue weighted by atomic mass is 19.1. The molecule has 0 bridgehead atoms. The lowest BCUT2D eigenvalue weighted by molar-refractivity contribution is -0.124. The molecule has 2 atom stereocenters. The lowest BCUT2D eigenvalue weighted by Crippen LogP contribution is -2.39. The van der Waals surface area contributed by atoms with Crippen LogP contribution in [0.3, 0.4) is 0 Å². The lowest BCUT2D eigenvalue weighted by atomic mass is 10.0. The van der Waals surface area contributed by atoms with Crippen molar-refractivity contribution in [1.29, 1.82) is 0 Å². The molecule has 0 heterocycles. The second-order valence-corrected chi connectivity index (χ2v) is 6.25. The number of hydrogen-bond donors (Lipinski definition) is 1. The zero-order valence-corrected chi connectivity index (χ0v) is 13.4. The first kappa shape index (κ1) is 16.5. The summed E-state index contributed by atoms with van der Waals surface area (Å²) in [5.74, 6) is -0.315. The molecule has 0 aromatic heterocycles. The Hall–Kier alpha value is -1.91. The van der Waals surface area contributed by atoms with Gasteiger partial charge in [0.05, 0.1) is 5.56 Å². The van der Waals surface area contributed by atoms with Gasteiger partial charge in [-0.1, -0.05) is 20.8 Å². The summed E-state index contributed by atoms with van der Waals surface area (Å²) in [6, 6.07) is 2.75. The lowest BCUT2D eigenvalue weighted by Gasteiger charge is -2.18. The fourth-order valence-corrected chi connectivity index (χ4v) is 2.55. The number of amides is 1. The van der Waals surface area contributed by atoms with Crippen LogP contribution in [0, 0.1) is 11.7 Å². The monoisotopic (exact) mass is 307 g/mol. The van der Waals surface area contributed by atoms with Gasteiger partial charge in [-0.05, 0) is 30.9 Å². The van der Waals surface area contributed by atoms with E-state index in [2.05, 4.69) is 5.32 Å². The van der Waals surface area contributed by atoms with Crippen LogP contribution in [0.1, 0.15) is 56.0 Å². The molecular formula is C17H22FNO3. The number of halogens is 1. The summed E-state index contributed by atoms with van der Waals surface area (Å²) in [5.41, 5.74) is 0.690. The molecule has 5 heteroatoms. The van der Waals surface area contributed by atoms with Crippen LogP contribution >= 0.6 is 0 Å². The van der Waals surface area contributed by atoms with Crippen LogP contribution in [-0.2, 0) is 4.79 Å². The third-order valence-electron chi connectivity index (χ3n) is 4.16. The SMILES string of the molecule is CC(C)[C@@H](C)NC(=O)COc1ccc(F)c2c1C(=O)C[C@@H]2C. The summed E-state index contributed by atoms with van der Waals surface area (Å²) in [6.45, 7) is 7.57. The molecule has 1 aromatic rings. The third-order valence-corrected chi connectivity index (χ3v) is 4.16. The smallest absolute Gasteiger partial charge is 0.258 e. The normalized spacial score (nSPS) is 18.3. The zero-order chi connectivity index (χ0) is 16.4. The van der Waals surface area contributed by atoms with Crippen molar-refractivity contribution in [3.63, 3.8) is 0 Å². The van der Waals surface area contributed by atoms with Gasteiger partial charge in [0, 0.05) is 18.0 Å². The quantitative estimate of drug-likeness (QED) is 0.909. The molecule has 22 heavy (non-hydrogen) atoms. The first-order chi connectivity index (χ1) is 10.3. The maximum atomic E-state index is 13.9. The average Bonchev–Trinajstić information content (AvgIpc) is 2.74. The van der Waals surface area contributed by atoms with Crippen molar-refractivity contribution in [3.05, 3.63) is 29.1 Å². The van der Waals surface area contributed by atoms with Gasteiger partial charge in [0.2, 0.25) is 0 Å². The van der Waals surface area contributed by atoms with Gasteiger partial charge in [-0.3, -0.25) is 9.59 Å². The van der Waals surface area contributed by atoms with Crippen LogP contribution < -0.4 is 10.1 Å². The van der Waals surface area contributed by atoms with E-state index < -0.39 is 5.82 Å². The van der Waals surface area contributed by atoms with E-state index in [1.165, 1.54) is 12.1 Å². The Morgan fingerprint density at radius 2 is 2.09 bits per heavy atom. The summed E-state index contributed by atoms with van der Waals surface area (Å²) in [4.78, 5) is 23.9. The predicted molar refractivity (Wildman–Crippen MR) is 81.7 cm³/mol. The van der Waals surface area contributed by atoms with Gasteiger partial charge in [0.15, 0.2) is 12.4 Å². The molecule has 0 radical (unpaired) electrons. The van der Waals surface area contributed by atoms with E-state index in [0.29, 0.717) is 11.5 Å². The van der Waals surface area contributed by atoms with E-state index >= 15 is 0 Å². The minimum atomic E-state index is -0.390. The molecule has 4 nitrogen and oxygen atoms in total. The molecule has 2 rings (SSSR count). The minimum Gasteiger partial charge on any atom is -0.483 e. The van der Waals surface area contributed by atoms with Gasteiger partial charge < -0.3 is 10.1 Å². The van der Waals surface area contributed by atoms with Crippen molar-refractivity contribution >= 4 is 11.7 Å². The minimum absolute atomic E-state index is 0.0386. The van der Waals surface area contributed by atoms with E-state index in [1.807, 2.05) is 27.7 Å². The van der Waals surface area contributed by atoms with Gasteiger partial charge in [-0.25, -0.2) is 4.39 Å². The van der Waals surface area contributed by atoms with Crippen LogP contribution in [0.5, 0.6) is 5.75 Å². The van der Waals surface area contributed by atoms with Crippen LogP contribution in [0.15, 0.2) is 12.1 Å². The van der Waals surface area contributed by atoms with Crippen molar-refractivity contribution in [3.8, 4) is 5.75 Å². The fraction of sp³-hybridized carbons (Fsp3) is 0.529. The molecule has 1 amide bonds. The zero-order valence-electron chi connectivity index (χ0n) is 13.4. The van der Waals surface area contributed by atoms with Crippen molar-refractivity contribution in [1.82, 2.24) is 5.32 Å². The van der Waals surface area contributed by atoms with E-state index in [-0.39, 0.29) is 48.0 Å². The van der Waals surface area contributed by atoms with Crippen LogP contribution in [0.4, 0.5) is 4.39 Å². The van der Waals surface area contributed by atoms with Crippen LogP contribution in [-0.4, -0.2) is 24.3 Å². The number of Topliss-reactive ketones (excluding diaryl/α,β-unsaturated/α-hetero) is 1. The second kappa shape index (κ2) is 6.46. The first-order valence-corrected chi connectivity index (χ1v) is 7.59. The van der Waals surface area contributed by atoms with Crippen molar-refractivity contribution in [2.45, 2.75) is 46.1 Å². The number of rotatable bonds is 5. The van der Waals surface area contributed by atoms with Gasteiger partial charge in [0.1, 0.15) is 11.6 Å². The Bertz CT molecular complexity index is 598. The van der Waals surface area contributed by atoms with Crippen LogP contribution in [0.25, 0.3) is 0 Å². The Labute approximate surface area is 130 Å². The van der Waals surface area contributed by atoms with Gasteiger partial charge in [-0.15, -0.1) is 0 Å². The number of fused-ring (bicyclic) bond motifs is 1. The molecule has 1 aliphatic rings. The molecular weight excluding hydrogens is 285 g/mol. The second-order valence-electron chi connectivity index (χ2n) is 6.25. The largest absolute Gasteiger partial charge is 0.483 e. The molecule has 0 saturated heterocycles. The summed E-state index contributed by atoms with van der Waals surface area (Å²) in [7, 11) is 0. The highest BCUT2D eigenvalue weighted by Crippen LogP contribution is 2.39. The standard InChI is InChI=1S/C17H22FNO3/c1-9(2)11(4)19-15(21)8-22-14-6-5-12(18)16-10(3)7-13(20)17(14)16/h5-6,9-11H,7-8H2,1-4H3,(H,19,21)/t10-,11+/m0/s1. The molecule has 0 unspecified atom stereocenters. The third kappa shape index (κ3) is 3.29. The highest BCUT2D eigenvalue weighted by Gasteiger charge is 2.32. The summed E-state index contributed by atoms with van der Waals surface area (Å²) in [5, 5.41) is 2.83. The van der Waals surface area contributed by atoms with Gasteiger partial charge in [-0.2, -0.15) is 0 Å². The molecule has 1 N–H and O–H groups in total. The van der Waals surface area contributed by atoms with Crippen LogP contribution in [0.2, 0.25) is 0 Å². The number of carbonyl (C=O) groups excluding carboxylic acids is 2. The van der Waals surface area contributed by atoms with Crippen molar-refractivity contribution in [2.24, 2.45) is 5.92 Å². The number of ether oxygens (including phenoxy) is 1. The number of hydrogen-bond acceptors (Lipinski definition) is 3. The Kier molecular flexibility index (Phi) is 4.84. The molecule has 0 aliphatic heterocycles. The summed E-state index contributed by atoms with van der Waals surface area (Å²) < 4.78 is 19.3. The first-order valence-electron chi connectivity index (χ1n) is 7.59. The molecule has 1 aromatic carbocycles. The number of nitrogens with one attached hydrogen (secondary N) is 1. The molecule has 120 valence electrons. The van der Waals surface area contributed by atoms with Crippen molar-refractivity contribution < 1.29 is 18.7 Å². The number of ketones is 1. The van der Waals surface area contributed by atoms with E-state index in [0.717, 1.165) is 0 Å². The average molecular weight is 307 g/mol. The van der Waals surface area contributed by atoms with E-state index in [1.54, 1.807) is 0 Å². The Morgan fingerprint density at radius 3 is 2.73 bits per heavy atom. The Morgan fingerprint density at radius 1 is 1.41 bits per heavy atom. The fourth-order valence-electron chi connectivity index (χ4n) is 2.55. The van der Waals surface area contributed by atoms with E-state index in [9.17, 15) is 14.0 Å². The summed E-state index contributed by atoms with van der Waals surface area (Å²) in [6.07, 6.45) is 0.281. The molecule has 1 aliphatic carbocycles.